The molecule has 3 aromatic rings. The van der Waals surface area contributed by atoms with E-state index in [1.54, 1.807) is 18.2 Å². The van der Waals surface area contributed by atoms with E-state index in [0.717, 1.165) is 55.9 Å². The van der Waals surface area contributed by atoms with Gasteiger partial charge in [0.15, 0.2) is 12.4 Å². The van der Waals surface area contributed by atoms with Gasteiger partial charge >= 0.3 is 0 Å². The van der Waals surface area contributed by atoms with E-state index in [-0.39, 0.29) is 24.3 Å². The van der Waals surface area contributed by atoms with Gasteiger partial charge in [-0.05, 0) is 49.9 Å². The van der Waals surface area contributed by atoms with Gasteiger partial charge in [0.05, 0.1) is 0 Å². The predicted molar refractivity (Wildman–Crippen MR) is 125 cm³/mol. The molecular formula is C25H27N5O3. The van der Waals surface area contributed by atoms with Gasteiger partial charge in [-0.15, -0.1) is 10.2 Å². The first-order valence-electron chi connectivity index (χ1n) is 11.5. The third-order valence-electron chi connectivity index (χ3n) is 5.93. The van der Waals surface area contributed by atoms with Crippen LogP contribution in [0.2, 0.25) is 0 Å². The van der Waals surface area contributed by atoms with Crippen LogP contribution in [-0.2, 0) is 22.6 Å². The van der Waals surface area contributed by atoms with Crippen LogP contribution in [0, 0.1) is 5.92 Å². The molecule has 0 spiro atoms. The molecule has 1 aromatic heterocycles. The third-order valence-corrected chi connectivity index (χ3v) is 5.93. The molecule has 2 N–H and O–H groups in total. The Morgan fingerprint density at radius 3 is 2.64 bits per heavy atom. The highest BCUT2D eigenvalue weighted by molar-refractivity contribution is 5.94. The normalized spacial score (nSPS) is 15.3. The number of hydrogen-bond donors (Lipinski definition) is 2. The highest BCUT2D eigenvalue weighted by atomic mass is 16.5. The van der Waals surface area contributed by atoms with Gasteiger partial charge in [0.1, 0.15) is 11.6 Å². The second-order valence-corrected chi connectivity index (χ2v) is 8.61. The quantitative estimate of drug-likeness (QED) is 0.572. The first-order chi connectivity index (χ1) is 16.2. The van der Waals surface area contributed by atoms with E-state index in [9.17, 15) is 9.59 Å². The molecule has 0 saturated heterocycles. The number of nitrogens with zero attached hydrogens (tertiary/aromatic N) is 3. The summed E-state index contributed by atoms with van der Waals surface area (Å²) in [5.41, 5.74) is 2.27. The average Bonchev–Trinajstić information content (AvgIpc) is 3.63. The number of carbonyl (C=O) groups is 2. The maximum absolute atomic E-state index is 12.5. The van der Waals surface area contributed by atoms with Crippen molar-refractivity contribution in [1.29, 1.82) is 0 Å². The minimum Gasteiger partial charge on any atom is -0.484 e. The SMILES string of the molecule is O=C(COc1cccc(NC(=O)C2CC2)c1)Nc1cccc(-c2nnc3n2CCCCC3)c1. The molecule has 8 heteroatoms. The van der Waals surface area contributed by atoms with Crippen LogP contribution in [0.4, 0.5) is 11.4 Å². The summed E-state index contributed by atoms with van der Waals surface area (Å²) >= 11 is 0. The second kappa shape index (κ2) is 9.44. The van der Waals surface area contributed by atoms with Crippen molar-refractivity contribution < 1.29 is 14.3 Å². The van der Waals surface area contributed by atoms with Crippen molar-refractivity contribution in [3.05, 3.63) is 54.4 Å². The zero-order valence-corrected chi connectivity index (χ0v) is 18.4. The zero-order chi connectivity index (χ0) is 22.6. The lowest BCUT2D eigenvalue weighted by Gasteiger charge is -2.11. The number of ether oxygens (including phenoxy) is 1. The van der Waals surface area contributed by atoms with Crippen LogP contribution in [-0.4, -0.2) is 33.2 Å². The van der Waals surface area contributed by atoms with Crippen LogP contribution in [0.15, 0.2) is 48.5 Å². The van der Waals surface area contributed by atoms with Gasteiger partial charge in [-0.25, -0.2) is 0 Å². The van der Waals surface area contributed by atoms with Crippen molar-refractivity contribution in [2.24, 2.45) is 5.92 Å². The largest absolute Gasteiger partial charge is 0.484 e. The second-order valence-electron chi connectivity index (χ2n) is 8.61. The van der Waals surface area contributed by atoms with Crippen molar-refractivity contribution >= 4 is 23.2 Å². The van der Waals surface area contributed by atoms with E-state index in [1.165, 1.54) is 6.42 Å². The molecular weight excluding hydrogens is 418 g/mol. The van der Waals surface area contributed by atoms with Crippen LogP contribution in [0.3, 0.4) is 0 Å². The van der Waals surface area contributed by atoms with Crippen molar-refractivity contribution in [3.63, 3.8) is 0 Å². The fourth-order valence-corrected chi connectivity index (χ4v) is 4.03. The van der Waals surface area contributed by atoms with E-state index >= 15 is 0 Å². The van der Waals surface area contributed by atoms with Crippen LogP contribution >= 0.6 is 0 Å². The van der Waals surface area contributed by atoms with E-state index in [1.807, 2.05) is 30.3 Å². The number of amides is 2. The molecule has 2 heterocycles. The average molecular weight is 446 g/mol. The van der Waals surface area contributed by atoms with Gasteiger partial charge in [0, 0.05) is 41.9 Å². The molecule has 8 nitrogen and oxygen atoms in total. The number of nitrogens with one attached hydrogen (secondary N) is 2. The van der Waals surface area contributed by atoms with E-state index in [0.29, 0.717) is 17.1 Å². The first kappa shape index (κ1) is 21.2. The van der Waals surface area contributed by atoms with Crippen LogP contribution < -0.4 is 15.4 Å². The Hall–Kier alpha value is -3.68. The minimum atomic E-state index is -0.264. The monoisotopic (exact) mass is 445 g/mol. The summed E-state index contributed by atoms with van der Waals surface area (Å²) in [7, 11) is 0. The topological polar surface area (TPSA) is 98.1 Å². The standard InChI is InChI=1S/C25H27N5O3/c31-23(16-33-21-9-5-8-20(15-21)27-25(32)17-11-12-17)26-19-7-4-6-18(14-19)24-29-28-22-10-2-1-3-13-30(22)24/h4-9,14-15,17H,1-3,10-13,16H2,(H,26,31)(H,27,32). The number of benzene rings is 2. The van der Waals surface area contributed by atoms with Gasteiger partial charge in [0.2, 0.25) is 5.91 Å². The van der Waals surface area contributed by atoms with Gasteiger partial charge in [-0.2, -0.15) is 0 Å². The smallest absolute Gasteiger partial charge is 0.262 e. The molecule has 1 aliphatic heterocycles. The van der Waals surface area contributed by atoms with E-state index < -0.39 is 0 Å². The Morgan fingerprint density at radius 2 is 1.79 bits per heavy atom. The number of aromatic nitrogens is 3. The number of rotatable bonds is 7. The molecule has 0 unspecified atom stereocenters. The molecule has 2 aliphatic rings. The van der Waals surface area contributed by atoms with E-state index in [2.05, 4.69) is 25.4 Å². The molecule has 2 amide bonds. The van der Waals surface area contributed by atoms with Gasteiger partial charge in [0.25, 0.3) is 5.91 Å². The van der Waals surface area contributed by atoms with Gasteiger partial charge in [-0.1, -0.05) is 24.6 Å². The molecule has 1 fully saturated rings. The number of aryl methyl sites for hydroxylation is 1. The fourth-order valence-electron chi connectivity index (χ4n) is 4.03. The van der Waals surface area contributed by atoms with Crippen molar-refractivity contribution in [2.75, 3.05) is 17.2 Å². The van der Waals surface area contributed by atoms with Gasteiger partial charge in [-0.3, -0.25) is 9.59 Å². The summed E-state index contributed by atoms with van der Waals surface area (Å²) in [5, 5.41) is 14.5. The summed E-state index contributed by atoms with van der Waals surface area (Å²) in [6.45, 7) is 0.785. The summed E-state index contributed by atoms with van der Waals surface area (Å²) in [6, 6.07) is 14.7. The maximum atomic E-state index is 12.5. The lowest BCUT2D eigenvalue weighted by molar-refractivity contribution is -0.118. The molecule has 2 aromatic carbocycles. The number of anilines is 2. The van der Waals surface area contributed by atoms with Crippen molar-refractivity contribution in [1.82, 2.24) is 14.8 Å². The summed E-state index contributed by atoms with van der Waals surface area (Å²) in [4.78, 5) is 24.4. The van der Waals surface area contributed by atoms with Crippen molar-refractivity contribution in [3.8, 4) is 17.1 Å². The molecule has 5 rings (SSSR count). The molecule has 1 aliphatic carbocycles. The summed E-state index contributed by atoms with van der Waals surface area (Å²) in [5.74, 6) is 2.29. The molecule has 170 valence electrons. The summed E-state index contributed by atoms with van der Waals surface area (Å²) < 4.78 is 7.83. The first-order valence-corrected chi connectivity index (χ1v) is 11.5. The van der Waals surface area contributed by atoms with Crippen molar-refractivity contribution in [2.45, 2.75) is 45.1 Å². The minimum absolute atomic E-state index is 0.0364. The number of carbonyl (C=O) groups excluding carboxylic acids is 2. The Kier molecular flexibility index (Phi) is 6.06. The number of fused-ring (bicyclic) bond motifs is 1. The Labute approximate surface area is 192 Å². The van der Waals surface area contributed by atoms with Gasteiger partial charge < -0.3 is 19.9 Å². The Morgan fingerprint density at radius 1 is 0.970 bits per heavy atom. The zero-order valence-electron chi connectivity index (χ0n) is 18.4. The summed E-state index contributed by atoms with van der Waals surface area (Å²) in [6.07, 6.45) is 6.31. The highest BCUT2D eigenvalue weighted by Crippen LogP contribution is 2.30. The lowest BCUT2D eigenvalue weighted by Crippen LogP contribution is -2.20. The Balaban J connectivity index is 1.20. The van der Waals surface area contributed by atoms with Crippen LogP contribution in [0.1, 0.15) is 37.9 Å². The fraction of sp³-hybridized carbons (Fsp3) is 0.360. The molecule has 0 atom stereocenters. The number of hydrogen-bond acceptors (Lipinski definition) is 5. The molecule has 33 heavy (non-hydrogen) atoms. The van der Waals surface area contributed by atoms with E-state index in [4.69, 9.17) is 4.74 Å². The van der Waals surface area contributed by atoms with Crippen LogP contribution in [0.25, 0.3) is 11.4 Å². The van der Waals surface area contributed by atoms with Crippen LogP contribution in [0.5, 0.6) is 5.75 Å². The molecule has 1 saturated carbocycles. The maximum Gasteiger partial charge on any atom is 0.262 e. The third kappa shape index (κ3) is 5.22. The highest BCUT2D eigenvalue weighted by Gasteiger charge is 2.29. The Bertz CT molecular complexity index is 1170. The predicted octanol–water partition coefficient (Wildman–Crippen LogP) is 4.04. The lowest BCUT2D eigenvalue weighted by atomic mass is 10.2. The molecule has 0 bridgehead atoms. The molecule has 0 radical (unpaired) electrons.